The molecule has 0 saturated heterocycles. The average Bonchev–Trinajstić information content (AvgIpc) is 2.61. The van der Waals surface area contributed by atoms with Gasteiger partial charge in [0.1, 0.15) is 11.8 Å². The number of carbonyl (C=O) groups excluding carboxylic acids is 3. The fourth-order valence-corrected chi connectivity index (χ4v) is 2.44. The molecule has 0 fully saturated rings. The van der Waals surface area contributed by atoms with Crippen molar-refractivity contribution in [3.63, 3.8) is 0 Å². The lowest BCUT2D eigenvalue weighted by Crippen LogP contribution is -2.46. The lowest BCUT2D eigenvalue weighted by atomic mass is 10.0. The van der Waals surface area contributed by atoms with Crippen LogP contribution < -0.4 is 15.4 Å². The first-order valence-electron chi connectivity index (χ1n) is 8.42. The van der Waals surface area contributed by atoms with E-state index in [0.29, 0.717) is 22.0 Å². The number of hydrogen-bond acceptors (Lipinski definition) is 4. The summed E-state index contributed by atoms with van der Waals surface area (Å²) in [7, 11) is 0. The highest BCUT2D eigenvalue weighted by molar-refractivity contribution is 6.30. The second-order valence-corrected chi connectivity index (χ2v) is 6.77. The predicted octanol–water partition coefficient (Wildman–Crippen LogP) is 3.66. The standard InChI is InChI=1S/C20H21ClN2O4/c1-12(2)18(23-19(25)14-4-6-15(21)7-5-14)20(26)27-17-10-8-16(9-11-17)22-13(3)24/h4-12,18H,1-3H3,(H,22,24)(H,23,25). The zero-order valence-corrected chi connectivity index (χ0v) is 16.0. The number of esters is 1. The molecule has 1 unspecified atom stereocenters. The third kappa shape index (κ3) is 6.11. The van der Waals surface area contributed by atoms with Crippen LogP contribution in [0.25, 0.3) is 0 Å². The largest absolute Gasteiger partial charge is 0.425 e. The van der Waals surface area contributed by atoms with Crippen molar-refractivity contribution in [2.45, 2.75) is 26.8 Å². The summed E-state index contributed by atoms with van der Waals surface area (Å²) in [6.45, 7) is 5.03. The van der Waals surface area contributed by atoms with Crippen molar-refractivity contribution >= 4 is 35.1 Å². The van der Waals surface area contributed by atoms with Crippen LogP contribution in [0.3, 0.4) is 0 Å². The van der Waals surface area contributed by atoms with Crippen molar-refractivity contribution in [1.29, 1.82) is 0 Å². The fourth-order valence-electron chi connectivity index (χ4n) is 2.31. The third-order valence-electron chi connectivity index (χ3n) is 3.71. The van der Waals surface area contributed by atoms with Gasteiger partial charge >= 0.3 is 5.97 Å². The number of ether oxygens (including phenoxy) is 1. The Morgan fingerprint density at radius 1 is 0.963 bits per heavy atom. The average molecular weight is 389 g/mol. The molecule has 0 radical (unpaired) electrons. The van der Waals surface area contributed by atoms with E-state index in [4.69, 9.17) is 16.3 Å². The third-order valence-corrected chi connectivity index (χ3v) is 3.96. The van der Waals surface area contributed by atoms with Gasteiger partial charge in [-0.25, -0.2) is 4.79 Å². The van der Waals surface area contributed by atoms with Crippen LogP contribution in [0.2, 0.25) is 5.02 Å². The van der Waals surface area contributed by atoms with Crippen molar-refractivity contribution in [2.24, 2.45) is 5.92 Å². The molecule has 2 rings (SSSR count). The van der Waals surface area contributed by atoms with Gasteiger partial charge in [-0.05, 0) is 54.4 Å². The van der Waals surface area contributed by atoms with Gasteiger partial charge in [0.2, 0.25) is 5.91 Å². The molecule has 0 spiro atoms. The van der Waals surface area contributed by atoms with E-state index in [1.807, 2.05) is 13.8 Å². The molecule has 0 saturated carbocycles. The molecule has 2 N–H and O–H groups in total. The summed E-state index contributed by atoms with van der Waals surface area (Å²) >= 11 is 5.82. The number of carbonyl (C=O) groups is 3. The monoisotopic (exact) mass is 388 g/mol. The Morgan fingerprint density at radius 2 is 1.56 bits per heavy atom. The van der Waals surface area contributed by atoms with Crippen LogP contribution in [0.1, 0.15) is 31.1 Å². The maximum absolute atomic E-state index is 12.5. The Morgan fingerprint density at radius 3 is 2.07 bits per heavy atom. The van der Waals surface area contributed by atoms with Crippen molar-refractivity contribution < 1.29 is 19.1 Å². The topological polar surface area (TPSA) is 84.5 Å². The Hall–Kier alpha value is -2.86. The fraction of sp³-hybridized carbons (Fsp3) is 0.250. The highest BCUT2D eigenvalue weighted by Gasteiger charge is 2.26. The summed E-state index contributed by atoms with van der Waals surface area (Å²) in [5, 5.41) is 5.85. The minimum Gasteiger partial charge on any atom is -0.425 e. The highest BCUT2D eigenvalue weighted by Crippen LogP contribution is 2.17. The summed E-state index contributed by atoms with van der Waals surface area (Å²) in [5.41, 5.74) is 0.997. The second kappa shape index (κ2) is 9.19. The maximum atomic E-state index is 12.5. The van der Waals surface area contributed by atoms with E-state index in [-0.39, 0.29) is 17.7 Å². The first kappa shape index (κ1) is 20.5. The molecule has 0 aliphatic carbocycles. The number of rotatable bonds is 6. The van der Waals surface area contributed by atoms with E-state index in [0.717, 1.165) is 0 Å². The van der Waals surface area contributed by atoms with Gasteiger partial charge in [-0.1, -0.05) is 25.4 Å². The molecular weight excluding hydrogens is 368 g/mol. The van der Waals surface area contributed by atoms with E-state index < -0.39 is 12.0 Å². The summed E-state index contributed by atoms with van der Waals surface area (Å²) in [5.74, 6) is -1.000. The summed E-state index contributed by atoms with van der Waals surface area (Å²) in [4.78, 5) is 35.9. The van der Waals surface area contributed by atoms with Gasteiger partial charge in [-0.2, -0.15) is 0 Å². The zero-order valence-electron chi connectivity index (χ0n) is 15.3. The molecule has 6 nitrogen and oxygen atoms in total. The smallest absolute Gasteiger partial charge is 0.334 e. The SMILES string of the molecule is CC(=O)Nc1ccc(OC(=O)C(NC(=O)c2ccc(Cl)cc2)C(C)C)cc1. The van der Waals surface area contributed by atoms with E-state index in [1.165, 1.54) is 6.92 Å². The van der Waals surface area contributed by atoms with Crippen molar-refractivity contribution in [3.8, 4) is 5.75 Å². The number of benzene rings is 2. The number of halogens is 1. The Labute approximate surface area is 162 Å². The molecule has 0 aliphatic rings. The first-order valence-corrected chi connectivity index (χ1v) is 8.80. The van der Waals surface area contributed by atoms with Gasteiger partial charge in [0.05, 0.1) is 0 Å². The number of nitrogens with one attached hydrogen (secondary N) is 2. The lowest BCUT2D eigenvalue weighted by Gasteiger charge is -2.21. The molecule has 0 heterocycles. The van der Waals surface area contributed by atoms with Gasteiger partial charge in [0.25, 0.3) is 5.91 Å². The molecule has 0 bridgehead atoms. The van der Waals surface area contributed by atoms with Gasteiger partial charge in [-0.3, -0.25) is 9.59 Å². The normalized spacial score (nSPS) is 11.6. The maximum Gasteiger partial charge on any atom is 0.334 e. The van der Waals surface area contributed by atoms with Crippen LogP contribution in [-0.2, 0) is 9.59 Å². The van der Waals surface area contributed by atoms with Gasteiger partial charge in [0.15, 0.2) is 0 Å². The quantitative estimate of drug-likeness (QED) is 0.584. The van der Waals surface area contributed by atoms with Crippen molar-refractivity contribution in [3.05, 3.63) is 59.1 Å². The molecule has 142 valence electrons. The van der Waals surface area contributed by atoms with Crippen LogP contribution in [0.5, 0.6) is 5.75 Å². The number of anilines is 1. The predicted molar refractivity (Wildman–Crippen MR) is 104 cm³/mol. The van der Waals surface area contributed by atoms with E-state index in [1.54, 1.807) is 48.5 Å². The Balaban J connectivity index is 2.04. The molecule has 0 aromatic heterocycles. The molecular formula is C20H21ClN2O4. The number of amides is 2. The van der Waals surface area contributed by atoms with E-state index >= 15 is 0 Å². The van der Waals surface area contributed by atoms with Crippen LogP contribution in [-0.4, -0.2) is 23.8 Å². The summed E-state index contributed by atoms with van der Waals surface area (Å²) in [6, 6.07) is 12.0. The molecule has 2 aromatic rings. The molecule has 1 atom stereocenters. The Kier molecular flexibility index (Phi) is 6.96. The van der Waals surface area contributed by atoms with E-state index in [9.17, 15) is 14.4 Å². The van der Waals surface area contributed by atoms with Crippen LogP contribution in [0, 0.1) is 5.92 Å². The first-order chi connectivity index (χ1) is 12.8. The summed E-state index contributed by atoms with van der Waals surface area (Å²) in [6.07, 6.45) is 0. The molecule has 27 heavy (non-hydrogen) atoms. The van der Waals surface area contributed by atoms with Gasteiger partial charge in [0, 0.05) is 23.2 Å². The van der Waals surface area contributed by atoms with Crippen molar-refractivity contribution in [1.82, 2.24) is 5.32 Å². The minimum absolute atomic E-state index is 0.174. The zero-order chi connectivity index (χ0) is 20.0. The Bertz CT molecular complexity index is 817. The summed E-state index contributed by atoms with van der Waals surface area (Å²) < 4.78 is 5.37. The van der Waals surface area contributed by atoms with Crippen LogP contribution >= 0.6 is 11.6 Å². The molecule has 2 amide bonds. The lowest BCUT2D eigenvalue weighted by molar-refractivity contribution is -0.137. The molecule has 2 aromatic carbocycles. The highest BCUT2D eigenvalue weighted by atomic mass is 35.5. The van der Waals surface area contributed by atoms with Crippen LogP contribution in [0.4, 0.5) is 5.69 Å². The molecule has 7 heteroatoms. The second-order valence-electron chi connectivity index (χ2n) is 6.33. The van der Waals surface area contributed by atoms with E-state index in [2.05, 4.69) is 10.6 Å². The van der Waals surface area contributed by atoms with Crippen LogP contribution in [0.15, 0.2) is 48.5 Å². The minimum atomic E-state index is -0.816. The van der Waals surface area contributed by atoms with Gasteiger partial charge in [-0.15, -0.1) is 0 Å². The number of hydrogen-bond donors (Lipinski definition) is 2. The van der Waals surface area contributed by atoms with Gasteiger partial charge < -0.3 is 15.4 Å². The molecule has 0 aliphatic heterocycles. The van der Waals surface area contributed by atoms with Crippen molar-refractivity contribution in [2.75, 3.05) is 5.32 Å².